The molecule has 206 valence electrons. The maximum Gasteiger partial charge on any atom is 0.329 e. The molecule has 2 atom stereocenters. The number of para-hydroxylation sites is 1. The van der Waals surface area contributed by atoms with Gasteiger partial charge in [0.1, 0.15) is 22.9 Å². The average molecular weight is 546 g/mol. The highest BCUT2D eigenvalue weighted by Gasteiger charge is 2.43. The van der Waals surface area contributed by atoms with Crippen LogP contribution in [0.5, 0.6) is 11.5 Å². The van der Waals surface area contributed by atoms with Gasteiger partial charge in [0.25, 0.3) is 5.91 Å². The Hall–Kier alpha value is -3.25. The second-order valence-electron chi connectivity index (χ2n) is 9.93. The zero-order valence-electron chi connectivity index (χ0n) is 23.0. The normalized spacial score (nSPS) is 16.7. The smallest absolute Gasteiger partial charge is 0.329 e. The van der Waals surface area contributed by atoms with Crippen LogP contribution in [0.3, 0.4) is 0 Å². The van der Waals surface area contributed by atoms with Crippen molar-refractivity contribution < 1.29 is 19.1 Å². The maximum absolute atomic E-state index is 13.9. The number of amides is 1. The lowest BCUT2D eigenvalue weighted by Gasteiger charge is -2.29. The van der Waals surface area contributed by atoms with Crippen molar-refractivity contribution >= 4 is 23.6 Å². The number of esters is 1. The van der Waals surface area contributed by atoms with Crippen molar-refractivity contribution in [1.82, 2.24) is 4.90 Å². The number of hydrogen-bond acceptors (Lipinski definition) is 5. The Morgan fingerprint density at radius 2 is 1.59 bits per heavy atom. The maximum atomic E-state index is 13.9. The molecule has 6 heteroatoms. The molecule has 5 nitrogen and oxygen atoms in total. The number of carbonyl (C=O) groups is 2. The van der Waals surface area contributed by atoms with E-state index in [9.17, 15) is 9.59 Å². The van der Waals surface area contributed by atoms with Crippen LogP contribution in [0.25, 0.3) is 0 Å². The number of rotatable bonds is 13. The highest BCUT2D eigenvalue weighted by molar-refractivity contribution is 7.99. The lowest BCUT2D eigenvalue weighted by molar-refractivity contribution is -0.148. The SMILES string of the molecule is CCCCCCc1ccc(C(=O)N2C(C(=O)OCCCC)CSC2c2cccc(Oc3ccccc3)c2)cc1. The first-order valence-corrected chi connectivity index (χ1v) is 15.2. The second kappa shape index (κ2) is 14.8. The van der Waals surface area contributed by atoms with Crippen molar-refractivity contribution in [3.8, 4) is 11.5 Å². The van der Waals surface area contributed by atoms with Crippen LogP contribution in [0.4, 0.5) is 0 Å². The van der Waals surface area contributed by atoms with Crippen molar-refractivity contribution in [3.05, 3.63) is 95.6 Å². The molecule has 1 saturated heterocycles. The van der Waals surface area contributed by atoms with Crippen LogP contribution >= 0.6 is 11.8 Å². The molecule has 1 amide bonds. The van der Waals surface area contributed by atoms with Gasteiger partial charge in [-0.1, -0.05) is 82.0 Å². The fraction of sp³-hybridized carbons (Fsp3) is 0.394. The van der Waals surface area contributed by atoms with E-state index < -0.39 is 6.04 Å². The Morgan fingerprint density at radius 1 is 0.846 bits per heavy atom. The van der Waals surface area contributed by atoms with Gasteiger partial charge < -0.3 is 14.4 Å². The van der Waals surface area contributed by atoms with E-state index in [0.717, 1.165) is 37.0 Å². The summed E-state index contributed by atoms with van der Waals surface area (Å²) in [6.07, 6.45) is 7.59. The van der Waals surface area contributed by atoms with Gasteiger partial charge in [0.15, 0.2) is 0 Å². The summed E-state index contributed by atoms with van der Waals surface area (Å²) in [5.41, 5.74) is 2.73. The lowest BCUT2D eigenvalue weighted by Crippen LogP contribution is -2.44. The van der Waals surface area contributed by atoms with Gasteiger partial charge in [0.05, 0.1) is 6.61 Å². The fourth-order valence-electron chi connectivity index (χ4n) is 4.68. The number of thioether (sulfide) groups is 1. The van der Waals surface area contributed by atoms with Gasteiger partial charge in [-0.05, 0) is 66.8 Å². The fourth-order valence-corrected chi connectivity index (χ4v) is 6.08. The first-order valence-electron chi connectivity index (χ1n) is 14.1. The minimum absolute atomic E-state index is 0.158. The highest BCUT2D eigenvalue weighted by Crippen LogP contribution is 2.43. The summed E-state index contributed by atoms with van der Waals surface area (Å²) >= 11 is 1.58. The van der Waals surface area contributed by atoms with Gasteiger partial charge >= 0.3 is 5.97 Å². The lowest BCUT2D eigenvalue weighted by atomic mass is 10.0. The molecule has 0 radical (unpaired) electrons. The minimum Gasteiger partial charge on any atom is -0.464 e. The molecule has 0 N–H and O–H groups in total. The standard InChI is InChI=1S/C33H39NO4S/c1-3-5-7-9-13-25-18-20-26(21-19-25)31(35)34-30(33(36)37-22-6-4-2)24-39-32(34)27-14-12-17-29(23-27)38-28-15-10-8-11-16-28/h8,10-12,14-21,23,30,32H,3-7,9,13,22,24H2,1-2H3. The first-order chi connectivity index (χ1) is 19.1. The number of hydrogen-bond donors (Lipinski definition) is 0. The summed E-state index contributed by atoms with van der Waals surface area (Å²) in [4.78, 5) is 28.8. The molecule has 3 aromatic rings. The third kappa shape index (κ3) is 7.89. The highest BCUT2D eigenvalue weighted by atomic mass is 32.2. The monoisotopic (exact) mass is 545 g/mol. The number of ether oxygens (including phenoxy) is 2. The van der Waals surface area contributed by atoms with E-state index >= 15 is 0 Å². The Morgan fingerprint density at radius 3 is 2.33 bits per heavy atom. The van der Waals surface area contributed by atoms with Crippen LogP contribution in [-0.2, 0) is 16.0 Å². The number of benzene rings is 3. The van der Waals surface area contributed by atoms with E-state index in [4.69, 9.17) is 9.47 Å². The van der Waals surface area contributed by atoms with Crippen LogP contribution in [0, 0.1) is 0 Å². The molecule has 0 bridgehead atoms. The number of unbranched alkanes of at least 4 members (excludes halogenated alkanes) is 4. The molecule has 3 aromatic carbocycles. The van der Waals surface area contributed by atoms with E-state index in [2.05, 4.69) is 13.8 Å². The van der Waals surface area contributed by atoms with E-state index in [1.807, 2.05) is 78.9 Å². The number of aryl methyl sites for hydroxylation is 1. The topological polar surface area (TPSA) is 55.8 Å². The van der Waals surface area contributed by atoms with Crippen molar-refractivity contribution in [1.29, 1.82) is 0 Å². The molecule has 1 aliphatic rings. The summed E-state index contributed by atoms with van der Waals surface area (Å²) in [5, 5.41) is -0.325. The summed E-state index contributed by atoms with van der Waals surface area (Å²) in [6, 6.07) is 24.6. The van der Waals surface area contributed by atoms with Crippen LogP contribution in [0.1, 0.15) is 79.2 Å². The van der Waals surface area contributed by atoms with Crippen LogP contribution in [-0.4, -0.2) is 35.2 Å². The van der Waals surface area contributed by atoms with Gasteiger partial charge in [0, 0.05) is 11.3 Å². The number of carbonyl (C=O) groups excluding carboxylic acids is 2. The van der Waals surface area contributed by atoms with Gasteiger partial charge in [-0.2, -0.15) is 0 Å². The van der Waals surface area contributed by atoms with Gasteiger partial charge in [-0.3, -0.25) is 4.79 Å². The van der Waals surface area contributed by atoms with E-state index in [1.54, 1.807) is 16.7 Å². The summed E-state index contributed by atoms with van der Waals surface area (Å²) in [7, 11) is 0. The summed E-state index contributed by atoms with van der Waals surface area (Å²) in [5.74, 6) is 1.42. The van der Waals surface area contributed by atoms with E-state index in [0.29, 0.717) is 23.7 Å². The van der Waals surface area contributed by atoms with Crippen molar-refractivity contribution in [3.63, 3.8) is 0 Å². The third-order valence-electron chi connectivity index (χ3n) is 6.89. The number of nitrogens with zero attached hydrogens (tertiary/aromatic N) is 1. The van der Waals surface area contributed by atoms with Gasteiger partial charge in [0.2, 0.25) is 0 Å². The van der Waals surface area contributed by atoms with Crippen molar-refractivity contribution in [2.45, 2.75) is 70.2 Å². The third-order valence-corrected chi connectivity index (χ3v) is 8.21. The molecule has 1 fully saturated rings. The van der Waals surface area contributed by atoms with Crippen molar-refractivity contribution in [2.75, 3.05) is 12.4 Å². The molecule has 0 saturated carbocycles. The summed E-state index contributed by atoms with van der Waals surface area (Å²) in [6.45, 7) is 4.64. The predicted molar refractivity (Wildman–Crippen MR) is 158 cm³/mol. The Kier molecular flexibility index (Phi) is 10.9. The van der Waals surface area contributed by atoms with Crippen LogP contribution in [0.2, 0.25) is 0 Å². The van der Waals surface area contributed by atoms with Gasteiger partial charge in [-0.15, -0.1) is 11.8 Å². The predicted octanol–water partition coefficient (Wildman–Crippen LogP) is 8.20. The second-order valence-corrected chi connectivity index (χ2v) is 11.0. The average Bonchev–Trinajstić information content (AvgIpc) is 3.42. The Bertz CT molecular complexity index is 1200. The quantitative estimate of drug-likeness (QED) is 0.160. The molecule has 2 unspecified atom stereocenters. The zero-order chi connectivity index (χ0) is 27.5. The molecule has 4 rings (SSSR count). The summed E-state index contributed by atoms with van der Waals surface area (Å²) < 4.78 is 11.6. The molecular formula is C33H39NO4S. The first kappa shape index (κ1) is 28.8. The van der Waals surface area contributed by atoms with E-state index in [1.165, 1.54) is 24.8 Å². The largest absolute Gasteiger partial charge is 0.464 e. The molecule has 0 aromatic heterocycles. The van der Waals surface area contributed by atoms with Crippen LogP contribution in [0.15, 0.2) is 78.9 Å². The Balaban J connectivity index is 1.55. The van der Waals surface area contributed by atoms with E-state index in [-0.39, 0.29) is 17.3 Å². The van der Waals surface area contributed by atoms with Crippen molar-refractivity contribution in [2.24, 2.45) is 0 Å². The molecule has 1 heterocycles. The zero-order valence-corrected chi connectivity index (χ0v) is 23.8. The molecule has 0 spiro atoms. The molecule has 0 aliphatic carbocycles. The minimum atomic E-state index is -0.642. The molecular weight excluding hydrogens is 506 g/mol. The molecule has 39 heavy (non-hydrogen) atoms. The van der Waals surface area contributed by atoms with Gasteiger partial charge in [-0.25, -0.2) is 4.79 Å². The Labute approximate surface area is 236 Å². The van der Waals surface area contributed by atoms with Crippen LogP contribution < -0.4 is 4.74 Å². The molecule has 1 aliphatic heterocycles.